The summed E-state index contributed by atoms with van der Waals surface area (Å²) < 4.78 is 0. The number of rotatable bonds is 3. The predicted octanol–water partition coefficient (Wildman–Crippen LogP) is 4.52. The lowest BCUT2D eigenvalue weighted by Crippen LogP contribution is -2.44. The zero-order chi connectivity index (χ0) is 12.6. The van der Waals surface area contributed by atoms with Crippen LogP contribution < -0.4 is 5.73 Å². The Morgan fingerprint density at radius 3 is 2.39 bits per heavy atom. The maximum Gasteiger partial charge on any atom is 0.0406 e. The van der Waals surface area contributed by atoms with Crippen LogP contribution in [0.15, 0.2) is 41.1 Å². The number of benzene rings is 1. The third-order valence-corrected chi connectivity index (χ3v) is 5.12. The molecule has 1 unspecified atom stereocenters. The maximum absolute atomic E-state index is 6.52. The Balaban J connectivity index is 1.97. The second-order valence-electron chi connectivity index (χ2n) is 5.05. The summed E-state index contributed by atoms with van der Waals surface area (Å²) in [5, 5.41) is 5.06. The first-order valence-electron chi connectivity index (χ1n) is 6.26. The second kappa shape index (κ2) is 4.69. The van der Waals surface area contributed by atoms with Gasteiger partial charge in [0.2, 0.25) is 0 Å². The molecule has 1 saturated carbocycles. The molecule has 0 bridgehead atoms. The first-order valence-corrected chi connectivity index (χ1v) is 7.58. The van der Waals surface area contributed by atoms with Gasteiger partial charge in [0.05, 0.1) is 0 Å². The highest BCUT2D eigenvalue weighted by Crippen LogP contribution is 2.51. The van der Waals surface area contributed by atoms with Crippen molar-refractivity contribution in [1.82, 2.24) is 0 Å². The van der Waals surface area contributed by atoms with Crippen molar-refractivity contribution in [2.45, 2.75) is 30.7 Å². The van der Waals surface area contributed by atoms with E-state index in [4.69, 9.17) is 17.3 Å². The average molecular weight is 278 g/mol. The molecular formula is C15H16ClNS. The van der Waals surface area contributed by atoms with Gasteiger partial charge in [-0.2, -0.15) is 11.3 Å². The first kappa shape index (κ1) is 12.2. The van der Waals surface area contributed by atoms with Crippen molar-refractivity contribution in [3.63, 3.8) is 0 Å². The minimum Gasteiger partial charge on any atom is -0.323 e. The zero-order valence-corrected chi connectivity index (χ0v) is 11.7. The lowest BCUT2D eigenvalue weighted by molar-refractivity contribution is 0.197. The van der Waals surface area contributed by atoms with Gasteiger partial charge in [-0.25, -0.2) is 0 Å². The van der Waals surface area contributed by atoms with Crippen LogP contribution in [0.5, 0.6) is 0 Å². The van der Waals surface area contributed by atoms with Crippen molar-refractivity contribution >= 4 is 22.9 Å². The largest absolute Gasteiger partial charge is 0.323 e. The topological polar surface area (TPSA) is 26.0 Å². The molecule has 18 heavy (non-hydrogen) atoms. The molecule has 0 spiro atoms. The molecule has 94 valence electrons. The summed E-state index contributed by atoms with van der Waals surface area (Å²) in [4.78, 5) is 0. The summed E-state index contributed by atoms with van der Waals surface area (Å²) in [5.74, 6) is 0. The molecule has 0 aliphatic heterocycles. The number of hydrogen-bond acceptors (Lipinski definition) is 2. The van der Waals surface area contributed by atoms with Gasteiger partial charge in [0.25, 0.3) is 0 Å². The minimum atomic E-state index is 0.0960. The summed E-state index contributed by atoms with van der Waals surface area (Å²) in [6.45, 7) is 0. The molecule has 1 fully saturated rings. The Labute approximate surface area is 117 Å². The van der Waals surface area contributed by atoms with Gasteiger partial charge in [-0.1, -0.05) is 30.2 Å². The number of thiophene rings is 1. The number of halogens is 1. The standard InChI is InChI=1S/C15H16ClNS/c16-13-4-2-12(3-5-13)15(7-1-8-15)14(17)11-6-9-18-10-11/h2-6,9-10,14H,1,7-8,17H2. The van der Waals surface area contributed by atoms with Crippen LogP contribution in [0, 0.1) is 0 Å². The van der Waals surface area contributed by atoms with E-state index >= 15 is 0 Å². The van der Waals surface area contributed by atoms with E-state index in [1.54, 1.807) is 11.3 Å². The van der Waals surface area contributed by atoms with Gasteiger partial charge >= 0.3 is 0 Å². The normalized spacial score (nSPS) is 19.2. The second-order valence-corrected chi connectivity index (χ2v) is 6.27. The van der Waals surface area contributed by atoms with E-state index in [0.717, 1.165) is 5.02 Å². The van der Waals surface area contributed by atoms with Gasteiger partial charge in [-0.3, -0.25) is 0 Å². The van der Waals surface area contributed by atoms with Crippen LogP contribution in [0.3, 0.4) is 0 Å². The van der Waals surface area contributed by atoms with Gasteiger partial charge in [0.15, 0.2) is 0 Å². The highest BCUT2D eigenvalue weighted by atomic mass is 35.5. The van der Waals surface area contributed by atoms with Crippen molar-refractivity contribution < 1.29 is 0 Å². The van der Waals surface area contributed by atoms with Crippen molar-refractivity contribution in [3.8, 4) is 0 Å². The Morgan fingerprint density at radius 1 is 1.17 bits per heavy atom. The molecule has 0 amide bonds. The van der Waals surface area contributed by atoms with Crippen molar-refractivity contribution in [1.29, 1.82) is 0 Å². The summed E-state index contributed by atoms with van der Waals surface area (Å²) in [6.07, 6.45) is 3.61. The molecule has 0 saturated heterocycles. The Kier molecular flexibility index (Phi) is 3.18. The van der Waals surface area contributed by atoms with Crippen LogP contribution in [-0.2, 0) is 5.41 Å². The highest BCUT2D eigenvalue weighted by molar-refractivity contribution is 7.07. The third kappa shape index (κ3) is 1.89. The maximum atomic E-state index is 6.52. The van der Waals surface area contributed by atoms with Crippen molar-refractivity contribution in [2.75, 3.05) is 0 Å². The summed E-state index contributed by atoms with van der Waals surface area (Å²) >= 11 is 7.69. The van der Waals surface area contributed by atoms with E-state index in [0.29, 0.717) is 0 Å². The Hall–Kier alpha value is -0.830. The Bertz CT molecular complexity index is 514. The summed E-state index contributed by atoms with van der Waals surface area (Å²) in [7, 11) is 0. The van der Waals surface area contributed by atoms with Crippen LogP contribution >= 0.6 is 22.9 Å². The third-order valence-electron chi connectivity index (χ3n) is 4.16. The van der Waals surface area contributed by atoms with E-state index in [9.17, 15) is 0 Å². The molecule has 0 radical (unpaired) electrons. The molecule has 1 heterocycles. The van der Waals surface area contributed by atoms with Crippen LogP contribution in [0.25, 0.3) is 0 Å². The molecule has 3 heteroatoms. The molecule has 1 aromatic carbocycles. The molecule has 1 aliphatic carbocycles. The van der Waals surface area contributed by atoms with E-state index in [1.807, 2.05) is 12.1 Å². The molecule has 1 nitrogen and oxygen atoms in total. The molecular weight excluding hydrogens is 262 g/mol. The molecule has 3 rings (SSSR count). The highest BCUT2D eigenvalue weighted by Gasteiger charge is 2.44. The van der Waals surface area contributed by atoms with Crippen molar-refractivity contribution in [2.24, 2.45) is 5.73 Å². The van der Waals surface area contributed by atoms with E-state index in [-0.39, 0.29) is 11.5 Å². The van der Waals surface area contributed by atoms with Crippen LogP contribution in [0.1, 0.15) is 36.4 Å². The number of nitrogens with two attached hydrogens (primary N) is 1. The lowest BCUT2D eigenvalue weighted by atomic mass is 9.59. The fourth-order valence-electron chi connectivity index (χ4n) is 2.89. The van der Waals surface area contributed by atoms with Crippen LogP contribution in [0.2, 0.25) is 5.02 Å². The zero-order valence-electron chi connectivity index (χ0n) is 10.1. The van der Waals surface area contributed by atoms with Gasteiger partial charge in [0.1, 0.15) is 0 Å². The monoisotopic (exact) mass is 277 g/mol. The molecule has 2 N–H and O–H groups in total. The quantitative estimate of drug-likeness (QED) is 0.877. The molecule has 2 aromatic rings. The average Bonchev–Trinajstić information content (AvgIpc) is 2.83. The van der Waals surface area contributed by atoms with Crippen molar-refractivity contribution in [3.05, 3.63) is 57.2 Å². The van der Waals surface area contributed by atoms with Crippen LogP contribution in [-0.4, -0.2) is 0 Å². The van der Waals surface area contributed by atoms with Gasteiger partial charge in [-0.15, -0.1) is 0 Å². The molecule has 1 aromatic heterocycles. The molecule has 1 atom stereocenters. The van der Waals surface area contributed by atoms with Gasteiger partial charge in [0, 0.05) is 16.5 Å². The van der Waals surface area contributed by atoms with E-state index in [1.165, 1.54) is 30.4 Å². The van der Waals surface area contributed by atoms with E-state index in [2.05, 4.69) is 29.0 Å². The smallest absolute Gasteiger partial charge is 0.0406 e. The van der Waals surface area contributed by atoms with Gasteiger partial charge in [-0.05, 0) is 52.9 Å². The number of hydrogen-bond donors (Lipinski definition) is 1. The molecule has 1 aliphatic rings. The Morgan fingerprint density at radius 2 is 1.89 bits per heavy atom. The predicted molar refractivity (Wildman–Crippen MR) is 78.2 cm³/mol. The van der Waals surface area contributed by atoms with Crippen LogP contribution in [0.4, 0.5) is 0 Å². The summed E-state index contributed by atoms with van der Waals surface area (Å²) in [5.41, 5.74) is 9.23. The lowest BCUT2D eigenvalue weighted by Gasteiger charge is -2.47. The SMILES string of the molecule is NC(c1ccsc1)C1(c2ccc(Cl)cc2)CCC1. The minimum absolute atomic E-state index is 0.0960. The van der Waals surface area contributed by atoms with E-state index < -0.39 is 0 Å². The first-order chi connectivity index (χ1) is 8.72. The fourth-order valence-corrected chi connectivity index (χ4v) is 3.71. The van der Waals surface area contributed by atoms with Gasteiger partial charge < -0.3 is 5.73 Å². The summed E-state index contributed by atoms with van der Waals surface area (Å²) in [6, 6.07) is 10.4. The fraction of sp³-hybridized carbons (Fsp3) is 0.333.